The number of hydrogen-bond donors (Lipinski definition) is 1. The van der Waals surface area contributed by atoms with Crippen LogP contribution in [0.2, 0.25) is 0 Å². The van der Waals surface area contributed by atoms with E-state index < -0.39 is 0 Å². The van der Waals surface area contributed by atoms with Crippen LogP contribution in [0.15, 0.2) is 24.3 Å². The minimum Gasteiger partial charge on any atom is -0.497 e. The zero-order chi connectivity index (χ0) is 12.8. The molecule has 1 aliphatic carbocycles. The van der Waals surface area contributed by atoms with Crippen LogP contribution in [0.25, 0.3) is 0 Å². The van der Waals surface area contributed by atoms with Gasteiger partial charge in [0, 0.05) is 6.04 Å². The van der Waals surface area contributed by atoms with Gasteiger partial charge < -0.3 is 10.1 Å². The fourth-order valence-corrected chi connectivity index (χ4v) is 2.70. The third-order valence-corrected chi connectivity index (χ3v) is 3.98. The highest BCUT2D eigenvalue weighted by Gasteiger charge is 2.21. The number of methoxy groups -OCH3 is 1. The molecule has 1 aromatic carbocycles. The molecule has 0 aromatic heterocycles. The van der Waals surface area contributed by atoms with Gasteiger partial charge in [-0.25, -0.2) is 0 Å². The van der Waals surface area contributed by atoms with Crippen LogP contribution in [0, 0.1) is 5.92 Å². The van der Waals surface area contributed by atoms with Crippen molar-refractivity contribution >= 4 is 0 Å². The Morgan fingerprint density at radius 3 is 2.50 bits per heavy atom. The number of ether oxygens (including phenoxy) is 1. The van der Waals surface area contributed by atoms with Crippen LogP contribution in [0.4, 0.5) is 0 Å². The summed E-state index contributed by atoms with van der Waals surface area (Å²) in [6.45, 7) is 3.26. The second-order valence-corrected chi connectivity index (χ2v) is 5.34. The number of likely N-dealkylation sites (N-methyl/N-ethyl adjacent to an activating group) is 1. The number of rotatable bonds is 7. The van der Waals surface area contributed by atoms with Crippen molar-refractivity contribution in [3.05, 3.63) is 29.8 Å². The first-order valence-corrected chi connectivity index (χ1v) is 7.18. The van der Waals surface area contributed by atoms with Crippen molar-refractivity contribution in [1.29, 1.82) is 0 Å². The zero-order valence-corrected chi connectivity index (χ0v) is 11.6. The molecule has 1 aliphatic rings. The molecule has 0 amide bonds. The molecule has 0 heterocycles. The topological polar surface area (TPSA) is 21.3 Å². The molecule has 0 aliphatic heterocycles. The smallest absolute Gasteiger partial charge is 0.118 e. The highest BCUT2D eigenvalue weighted by Crippen LogP contribution is 2.31. The van der Waals surface area contributed by atoms with Gasteiger partial charge >= 0.3 is 0 Å². The average Bonchev–Trinajstić information content (AvgIpc) is 2.35. The van der Waals surface area contributed by atoms with Gasteiger partial charge in [0.1, 0.15) is 5.75 Å². The molecule has 2 heteroatoms. The first-order valence-electron chi connectivity index (χ1n) is 7.18. The number of nitrogens with one attached hydrogen (secondary N) is 1. The van der Waals surface area contributed by atoms with E-state index in [-0.39, 0.29) is 0 Å². The summed E-state index contributed by atoms with van der Waals surface area (Å²) in [5.74, 6) is 1.91. The molecule has 1 unspecified atom stereocenters. The second kappa shape index (κ2) is 6.79. The first kappa shape index (κ1) is 13.4. The largest absolute Gasteiger partial charge is 0.497 e. The summed E-state index contributed by atoms with van der Waals surface area (Å²) in [4.78, 5) is 0. The Balaban J connectivity index is 1.89. The Kier molecular flexibility index (Phi) is 5.06. The van der Waals surface area contributed by atoms with Crippen molar-refractivity contribution in [1.82, 2.24) is 5.32 Å². The van der Waals surface area contributed by atoms with E-state index in [1.807, 2.05) is 0 Å². The van der Waals surface area contributed by atoms with E-state index in [1.165, 1.54) is 31.2 Å². The summed E-state index contributed by atoms with van der Waals surface area (Å²) in [6.07, 6.45) is 6.77. The minimum atomic E-state index is 0.633. The quantitative estimate of drug-likeness (QED) is 0.797. The van der Waals surface area contributed by atoms with Gasteiger partial charge in [0.2, 0.25) is 0 Å². The standard InChI is InChI=1S/C16H25NO/c1-3-17-15(11-13-5-4-6-13)12-14-7-9-16(18-2)10-8-14/h7-10,13,15,17H,3-6,11-12H2,1-2H3. The summed E-state index contributed by atoms with van der Waals surface area (Å²) in [6, 6.07) is 9.12. The maximum atomic E-state index is 5.20. The normalized spacial score (nSPS) is 17.2. The lowest BCUT2D eigenvalue weighted by atomic mass is 9.80. The molecule has 1 atom stereocenters. The third-order valence-electron chi connectivity index (χ3n) is 3.98. The third kappa shape index (κ3) is 3.74. The Bertz CT molecular complexity index is 343. The van der Waals surface area contributed by atoms with Crippen molar-refractivity contribution in [2.45, 2.75) is 45.1 Å². The lowest BCUT2D eigenvalue weighted by Crippen LogP contribution is -2.34. The molecular formula is C16H25NO. The van der Waals surface area contributed by atoms with E-state index in [9.17, 15) is 0 Å². The molecule has 2 nitrogen and oxygen atoms in total. The van der Waals surface area contributed by atoms with E-state index in [0.717, 1.165) is 24.6 Å². The highest BCUT2D eigenvalue weighted by molar-refractivity contribution is 5.27. The van der Waals surface area contributed by atoms with Crippen LogP contribution in [-0.4, -0.2) is 19.7 Å². The van der Waals surface area contributed by atoms with Gasteiger partial charge in [-0.3, -0.25) is 0 Å². The van der Waals surface area contributed by atoms with Crippen molar-refractivity contribution in [2.24, 2.45) is 5.92 Å². The summed E-state index contributed by atoms with van der Waals surface area (Å²) in [5, 5.41) is 3.63. The lowest BCUT2D eigenvalue weighted by Gasteiger charge is -2.30. The molecular weight excluding hydrogens is 222 g/mol. The summed E-state index contributed by atoms with van der Waals surface area (Å²) < 4.78 is 5.20. The summed E-state index contributed by atoms with van der Waals surface area (Å²) >= 11 is 0. The van der Waals surface area contributed by atoms with Crippen LogP contribution in [0.1, 0.15) is 38.2 Å². The van der Waals surface area contributed by atoms with Crippen LogP contribution < -0.4 is 10.1 Å². The van der Waals surface area contributed by atoms with Crippen LogP contribution >= 0.6 is 0 Å². The van der Waals surface area contributed by atoms with E-state index >= 15 is 0 Å². The Morgan fingerprint density at radius 2 is 2.00 bits per heavy atom. The lowest BCUT2D eigenvalue weighted by molar-refractivity contribution is 0.260. The molecule has 0 saturated heterocycles. The van der Waals surface area contributed by atoms with Gasteiger partial charge in [-0.05, 0) is 43.0 Å². The van der Waals surface area contributed by atoms with Gasteiger partial charge in [-0.1, -0.05) is 38.3 Å². The Labute approximate surface area is 111 Å². The van der Waals surface area contributed by atoms with Gasteiger partial charge in [0.15, 0.2) is 0 Å². The highest BCUT2D eigenvalue weighted by atomic mass is 16.5. The van der Waals surface area contributed by atoms with E-state index in [4.69, 9.17) is 4.74 Å². The predicted molar refractivity (Wildman–Crippen MR) is 76.1 cm³/mol. The minimum absolute atomic E-state index is 0.633. The molecule has 0 bridgehead atoms. The van der Waals surface area contributed by atoms with Gasteiger partial charge in [0.05, 0.1) is 7.11 Å². The second-order valence-electron chi connectivity index (χ2n) is 5.34. The fourth-order valence-electron chi connectivity index (χ4n) is 2.70. The molecule has 18 heavy (non-hydrogen) atoms. The molecule has 2 rings (SSSR count). The molecule has 0 spiro atoms. The number of hydrogen-bond acceptors (Lipinski definition) is 2. The van der Waals surface area contributed by atoms with Crippen molar-refractivity contribution in [3.8, 4) is 5.75 Å². The van der Waals surface area contributed by atoms with E-state index in [1.54, 1.807) is 7.11 Å². The van der Waals surface area contributed by atoms with Gasteiger partial charge in [0.25, 0.3) is 0 Å². The van der Waals surface area contributed by atoms with Crippen molar-refractivity contribution < 1.29 is 4.74 Å². The van der Waals surface area contributed by atoms with E-state index in [0.29, 0.717) is 6.04 Å². The first-order chi connectivity index (χ1) is 8.81. The van der Waals surface area contributed by atoms with Gasteiger partial charge in [-0.2, -0.15) is 0 Å². The predicted octanol–water partition coefficient (Wildman–Crippen LogP) is 3.41. The SMILES string of the molecule is CCNC(Cc1ccc(OC)cc1)CC1CCC1. The molecule has 1 fully saturated rings. The Hall–Kier alpha value is -1.02. The molecule has 1 N–H and O–H groups in total. The number of benzene rings is 1. The zero-order valence-electron chi connectivity index (χ0n) is 11.6. The maximum Gasteiger partial charge on any atom is 0.118 e. The summed E-state index contributed by atoms with van der Waals surface area (Å²) in [7, 11) is 1.72. The summed E-state index contributed by atoms with van der Waals surface area (Å²) in [5.41, 5.74) is 1.40. The van der Waals surface area contributed by atoms with Gasteiger partial charge in [-0.15, -0.1) is 0 Å². The Morgan fingerprint density at radius 1 is 1.28 bits per heavy atom. The van der Waals surface area contributed by atoms with Crippen molar-refractivity contribution in [2.75, 3.05) is 13.7 Å². The van der Waals surface area contributed by atoms with Crippen LogP contribution in [-0.2, 0) is 6.42 Å². The van der Waals surface area contributed by atoms with E-state index in [2.05, 4.69) is 36.5 Å². The molecule has 1 saturated carbocycles. The van der Waals surface area contributed by atoms with Crippen molar-refractivity contribution in [3.63, 3.8) is 0 Å². The van der Waals surface area contributed by atoms with Crippen LogP contribution in [0.3, 0.4) is 0 Å². The van der Waals surface area contributed by atoms with Crippen LogP contribution in [0.5, 0.6) is 5.75 Å². The molecule has 1 aromatic rings. The molecule has 100 valence electrons. The molecule has 0 radical (unpaired) electrons. The maximum absolute atomic E-state index is 5.20. The monoisotopic (exact) mass is 247 g/mol. The fraction of sp³-hybridized carbons (Fsp3) is 0.625. The average molecular weight is 247 g/mol.